The number of carbonyl (C=O) groups is 1. The summed E-state index contributed by atoms with van der Waals surface area (Å²) in [6, 6.07) is 1.57. The van der Waals surface area contributed by atoms with Crippen molar-refractivity contribution in [2.75, 3.05) is 19.6 Å². The second-order valence-corrected chi connectivity index (χ2v) is 5.84. The number of rotatable bonds is 3. The molecule has 0 bridgehead atoms. The first-order valence-electron chi connectivity index (χ1n) is 5.14. The minimum absolute atomic E-state index is 0.126. The number of amides is 1. The van der Waals surface area contributed by atoms with Crippen molar-refractivity contribution >= 4 is 15.9 Å². The molecule has 0 saturated carbocycles. The largest absolute Gasteiger partial charge is 0.361 e. The SMILES string of the molecule is Cc1cc(CS(=O)(=O)N2CCNC(=O)C2)no1. The zero-order valence-corrected chi connectivity index (χ0v) is 10.2. The third-order valence-electron chi connectivity index (χ3n) is 2.40. The molecule has 0 aliphatic carbocycles. The number of hydrogen-bond acceptors (Lipinski definition) is 5. The molecule has 1 fully saturated rings. The van der Waals surface area contributed by atoms with E-state index in [1.165, 1.54) is 0 Å². The molecule has 1 amide bonds. The molecule has 0 unspecified atom stereocenters. The number of piperazine rings is 1. The van der Waals surface area contributed by atoms with Crippen molar-refractivity contribution < 1.29 is 17.7 Å². The van der Waals surface area contributed by atoms with Gasteiger partial charge in [0.05, 0.1) is 6.54 Å². The first-order valence-corrected chi connectivity index (χ1v) is 6.75. The first kappa shape index (κ1) is 12.1. The Hall–Kier alpha value is -1.41. The van der Waals surface area contributed by atoms with Gasteiger partial charge in [0.2, 0.25) is 15.9 Å². The maximum Gasteiger partial charge on any atom is 0.235 e. The van der Waals surface area contributed by atoms with Gasteiger partial charge in [-0.05, 0) is 6.92 Å². The smallest absolute Gasteiger partial charge is 0.235 e. The quantitative estimate of drug-likeness (QED) is 0.770. The van der Waals surface area contributed by atoms with E-state index in [0.29, 0.717) is 24.5 Å². The molecule has 0 aromatic carbocycles. The van der Waals surface area contributed by atoms with Crippen LogP contribution < -0.4 is 5.32 Å². The Bertz CT molecular complexity index is 522. The van der Waals surface area contributed by atoms with Crippen molar-refractivity contribution in [3.63, 3.8) is 0 Å². The summed E-state index contributed by atoms with van der Waals surface area (Å²) in [5.74, 6) is 0.0418. The third-order valence-corrected chi connectivity index (χ3v) is 4.16. The first-order chi connectivity index (χ1) is 7.97. The van der Waals surface area contributed by atoms with Gasteiger partial charge in [-0.1, -0.05) is 5.16 Å². The fraction of sp³-hybridized carbons (Fsp3) is 0.556. The average molecular weight is 259 g/mol. The van der Waals surface area contributed by atoms with Crippen molar-refractivity contribution in [1.29, 1.82) is 0 Å². The monoisotopic (exact) mass is 259 g/mol. The van der Waals surface area contributed by atoms with Gasteiger partial charge in [0, 0.05) is 19.2 Å². The predicted molar refractivity (Wildman–Crippen MR) is 58.4 cm³/mol. The highest BCUT2D eigenvalue weighted by Crippen LogP contribution is 2.11. The van der Waals surface area contributed by atoms with Crippen LogP contribution in [0.5, 0.6) is 0 Å². The van der Waals surface area contributed by atoms with Crippen molar-refractivity contribution in [3.8, 4) is 0 Å². The van der Waals surface area contributed by atoms with Crippen LogP contribution in [0, 0.1) is 6.92 Å². The molecule has 2 heterocycles. The summed E-state index contributed by atoms with van der Waals surface area (Å²) >= 11 is 0. The molecule has 1 saturated heterocycles. The van der Waals surface area contributed by atoms with E-state index in [9.17, 15) is 13.2 Å². The molecule has 17 heavy (non-hydrogen) atoms. The number of nitrogens with one attached hydrogen (secondary N) is 1. The molecule has 8 heteroatoms. The molecule has 1 N–H and O–H groups in total. The molecule has 0 spiro atoms. The summed E-state index contributed by atoms with van der Waals surface area (Å²) in [5.41, 5.74) is 0.355. The van der Waals surface area contributed by atoms with Crippen LogP contribution in [0.4, 0.5) is 0 Å². The summed E-state index contributed by atoms with van der Waals surface area (Å²) in [5, 5.41) is 6.21. The number of nitrogens with zero attached hydrogens (tertiary/aromatic N) is 2. The molecule has 0 radical (unpaired) electrons. The van der Waals surface area contributed by atoms with Crippen molar-refractivity contribution in [1.82, 2.24) is 14.8 Å². The molecule has 7 nitrogen and oxygen atoms in total. The highest BCUT2D eigenvalue weighted by molar-refractivity contribution is 7.88. The molecular weight excluding hydrogens is 246 g/mol. The lowest BCUT2D eigenvalue weighted by Crippen LogP contribution is -2.50. The summed E-state index contributed by atoms with van der Waals surface area (Å²) in [6.07, 6.45) is 0. The lowest BCUT2D eigenvalue weighted by Gasteiger charge is -2.25. The summed E-state index contributed by atoms with van der Waals surface area (Å²) < 4.78 is 29.9. The lowest BCUT2D eigenvalue weighted by molar-refractivity contribution is -0.122. The number of aryl methyl sites for hydroxylation is 1. The van der Waals surface area contributed by atoms with Crippen LogP contribution >= 0.6 is 0 Å². The standard InChI is InChI=1S/C9H13N3O4S/c1-7-4-8(11-16-7)6-17(14,15)12-3-2-10-9(13)5-12/h4H,2-3,5-6H2,1H3,(H,10,13). The van der Waals surface area contributed by atoms with Gasteiger partial charge in [-0.25, -0.2) is 8.42 Å². The van der Waals surface area contributed by atoms with E-state index in [2.05, 4.69) is 10.5 Å². The highest BCUT2D eigenvalue weighted by Gasteiger charge is 2.28. The van der Waals surface area contributed by atoms with E-state index in [-0.39, 0.29) is 18.2 Å². The van der Waals surface area contributed by atoms with Crippen LogP contribution in [0.3, 0.4) is 0 Å². The molecule has 1 aliphatic heterocycles. The van der Waals surface area contributed by atoms with Gasteiger partial charge in [-0.15, -0.1) is 0 Å². The Balaban J connectivity index is 2.10. The zero-order chi connectivity index (χ0) is 12.5. The predicted octanol–water partition coefficient (Wildman–Crippen LogP) is -0.755. The number of carbonyl (C=O) groups excluding carboxylic acids is 1. The Labute approximate surface area is 98.8 Å². The maximum atomic E-state index is 12.0. The maximum absolute atomic E-state index is 12.0. The minimum Gasteiger partial charge on any atom is -0.361 e. The van der Waals surface area contributed by atoms with Crippen LogP contribution in [0.1, 0.15) is 11.5 Å². The average Bonchev–Trinajstić information content (AvgIpc) is 2.63. The normalized spacial score (nSPS) is 18.1. The molecule has 1 aromatic heterocycles. The van der Waals surface area contributed by atoms with Gasteiger partial charge < -0.3 is 9.84 Å². The van der Waals surface area contributed by atoms with E-state index < -0.39 is 10.0 Å². The number of aromatic nitrogens is 1. The van der Waals surface area contributed by atoms with Crippen molar-refractivity contribution in [3.05, 3.63) is 17.5 Å². The fourth-order valence-corrected chi connectivity index (χ4v) is 2.99. The van der Waals surface area contributed by atoms with Gasteiger partial charge in [0.25, 0.3) is 0 Å². The zero-order valence-electron chi connectivity index (χ0n) is 9.34. The second-order valence-electron chi connectivity index (χ2n) is 3.87. The number of hydrogen-bond donors (Lipinski definition) is 1. The van der Waals surface area contributed by atoms with Crippen LogP contribution in [0.15, 0.2) is 10.6 Å². The van der Waals surface area contributed by atoms with Crippen LogP contribution in [-0.4, -0.2) is 43.4 Å². The van der Waals surface area contributed by atoms with Gasteiger partial charge in [-0.3, -0.25) is 4.79 Å². The second kappa shape index (κ2) is 4.46. The van der Waals surface area contributed by atoms with E-state index >= 15 is 0 Å². The van der Waals surface area contributed by atoms with Gasteiger partial charge >= 0.3 is 0 Å². The molecule has 1 aliphatic rings. The van der Waals surface area contributed by atoms with E-state index in [4.69, 9.17) is 4.52 Å². The van der Waals surface area contributed by atoms with E-state index in [1.54, 1.807) is 13.0 Å². The van der Waals surface area contributed by atoms with Crippen LogP contribution in [-0.2, 0) is 20.6 Å². The van der Waals surface area contributed by atoms with Gasteiger partial charge in [0.1, 0.15) is 17.2 Å². The Morgan fingerprint density at radius 3 is 2.94 bits per heavy atom. The molecule has 94 valence electrons. The molecule has 1 aromatic rings. The topological polar surface area (TPSA) is 92.5 Å². The molecule has 0 atom stereocenters. The summed E-state index contributed by atoms with van der Waals surface area (Å²) in [6.45, 7) is 2.21. The van der Waals surface area contributed by atoms with Crippen LogP contribution in [0.25, 0.3) is 0 Å². The lowest BCUT2D eigenvalue weighted by atomic mass is 10.4. The number of sulfonamides is 1. The van der Waals surface area contributed by atoms with Crippen LogP contribution in [0.2, 0.25) is 0 Å². The fourth-order valence-electron chi connectivity index (χ4n) is 1.62. The Morgan fingerprint density at radius 1 is 1.59 bits per heavy atom. The Kier molecular flexibility index (Phi) is 3.16. The van der Waals surface area contributed by atoms with Gasteiger partial charge in [-0.2, -0.15) is 4.31 Å². The minimum atomic E-state index is -3.51. The third kappa shape index (κ3) is 2.83. The highest BCUT2D eigenvalue weighted by atomic mass is 32.2. The van der Waals surface area contributed by atoms with Crippen molar-refractivity contribution in [2.45, 2.75) is 12.7 Å². The Morgan fingerprint density at radius 2 is 2.35 bits per heavy atom. The van der Waals surface area contributed by atoms with E-state index in [1.807, 2.05) is 0 Å². The summed E-state index contributed by atoms with van der Waals surface area (Å²) in [4.78, 5) is 11.1. The van der Waals surface area contributed by atoms with Crippen molar-refractivity contribution in [2.24, 2.45) is 0 Å². The van der Waals surface area contributed by atoms with Gasteiger partial charge in [0.15, 0.2) is 0 Å². The molecular formula is C9H13N3O4S. The molecule has 2 rings (SSSR count). The summed E-state index contributed by atoms with van der Waals surface area (Å²) in [7, 11) is -3.51. The van der Waals surface area contributed by atoms with E-state index in [0.717, 1.165) is 4.31 Å².